The molecule has 0 saturated carbocycles. The van der Waals surface area contributed by atoms with E-state index in [0.29, 0.717) is 24.7 Å². The molecule has 0 radical (unpaired) electrons. The Hall–Kier alpha value is -6.20. The second-order valence-corrected chi connectivity index (χ2v) is 16.9. The van der Waals surface area contributed by atoms with Crippen LogP contribution in [-0.2, 0) is 35.1 Å². The highest BCUT2D eigenvalue weighted by Crippen LogP contribution is 2.44. The second kappa shape index (κ2) is 18.5. The normalized spacial score (nSPS) is 21.1. The van der Waals surface area contributed by atoms with Crippen LogP contribution in [0, 0.1) is 0 Å². The average Bonchev–Trinajstić information content (AvgIpc) is 4.16. The van der Waals surface area contributed by atoms with Gasteiger partial charge in [-0.15, -0.1) is 0 Å². The van der Waals surface area contributed by atoms with Crippen LogP contribution in [0.5, 0.6) is 5.75 Å². The van der Waals surface area contributed by atoms with Gasteiger partial charge in [0, 0.05) is 37.3 Å². The molecule has 340 valence electrons. The Morgan fingerprint density at radius 1 is 0.766 bits per heavy atom. The molecule has 2 unspecified atom stereocenters. The fourth-order valence-electron chi connectivity index (χ4n) is 9.78. The SMILES string of the molecule is CC[C@H]1CC[C@@H](c2ncc(-c3ccc4c(c3)COc3cc5c(ccc6[nH]c([C@@H]7CC[C@H](CC)N7C(=O)C(NC(=O)OC)[C@@H](C)OC)nc65)cc3-4)[nH]2)N1C(=O)C(NC(=O)OC)[C@@H](C)OC. The van der Waals surface area contributed by atoms with Crippen molar-refractivity contribution < 1.29 is 42.9 Å². The van der Waals surface area contributed by atoms with Crippen LogP contribution >= 0.6 is 0 Å². The number of hydrogen-bond acceptors (Lipinski definition) is 11. The molecular formula is C47H58N8O9. The number of H-pyrrole nitrogens is 2. The predicted octanol–water partition coefficient (Wildman–Crippen LogP) is 7.07. The van der Waals surface area contributed by atoms with Gasteiger partial charge in [0.15, 0.2) is 0 Å². The van der Waals surface area contributed by atoms with Crippen LogP contribution in [0.25, 0.3) is 44.2 Å². The number of alkyl carbamates (subject to hydrolysis) is 2. The summed E-state index contributed by atoms with van der Waals surface area (Å²) >= 11 is 0. The number of nitrogens with zero attached hydrogens (tertiary/aromatic N) is 4. The lowest BCUT2D eigenvalue weighted by atomic mass is 9.92. The fraction of sp³-hybridized carbons (Fsp3) is 0.489. The van der Waals surface area contributed by atoms with Crippen LogP contribution in [0.4, 0.5) is 9.59 Å². The van der Waals surface area contributed by atoms with Gasteiger partial charge in [-0.25, -0.2) is 19.6 Å². The molecule has 2 saturated heterocycles. The Kier molecular flexibility index (Phi) is 12.8. The summed E-state index contributed by atoms with van der Waals surface area (Å²) in [5.41, 5.74) is 6.45. The van der Waals surface area contributed by atoms with Crippen molar-refractivity contribution in [3.63, 3.8) is 0 Å². The van der Waals surface area contributed by atoms with E-state index in [1.807, 2.05) is 15.9 Å². The maximum Gasteiger partial charge on any atom is 0.407 e. The summed E-state index contributed by atoms with van der Waals surface area (Å²) in [5.74, 6) is 1.63. The minimum absolute atomic E-state index is 0.0244. The van der Waals surface area contributed by atoms with Crippen molar-refractivity contribution in [3.05, 3.63) is 65.9 Å². The molecule has 0 bridgehead atoms. The van der Waals surface area contributed by atoms with E-state index in [1.165, 1.54) is 28.4 Å². The monoisotopic (exact) mass is 878 g/mol. The van der Waals surface area contributed by atoms with E-state index >= 15 is 0 Å². The van der Waals surface area contributed by atoms with Crippen LogP contribution in [0.1, 0.15) is 95.5 Å². The third-order valence-corrected chi connectivity index (χ3v) is 13.5. The van der Waals surface area contributed by atoms with Crippen molar-refractivity contribution in [2.45, 2.75) is 121 Å². The lowest BCUT2D eigenvalue weighted by Gasteiger charge is -2.34. The van der Waals surface area contributed by atoms with Gasteiger partial charge in [0.2, 0.25) is 11.8 Å². The van der Waals surface area contributed by atoms with E-state index < -0.39 is 36.5 Å². The fourth-order valence-corrected chi connectivity index (χ4v) is 9.78. The molecule has 5 aromatic rings. The third-order valence-electron chi connectivity index (χ3n) is 13.5. The summed E-state index contributed by atoms with van der Waals surface area (Å²) in [4.78, 5) is 73.5. The maximum absolute atomic E-state index is 14.2. The molecule has 64 heavy (non-hydrogen) atoms. The molecule has 0 aliphatic carbocycles. The van der Waals surface area contributed by atoms with Crippen LogP contribution < -0.4 is 15.4 Å². The molecule has 2 fully saturated rings. The number of likely N-dealkylation sites (tertiary alicyclic amines) is 2. The highest BCUT2D eigenvalue weighted by Gasteiger charge is 2.45. The number of rotatable bonds is 13. The Balaban J connectivity index is 1.05. The van der Waals surface area contributed by atoms with Gasteiger partial charge in [-0.1, -0.05) is 32.0 Å². The highest BCUT2D eigenvalue weighted by atomic mass is 16.5. The lowest BCUT2D eigenvalue weighted by molar-refractivity contribution is -0.140. The molecular weight excluding hydrogens is 821 g/mol. The zero-order valence-electron chi connectivity index (χ0n) is 37.7. The Labute approximate surface area is 371 Å². The Bertz CT molecular complexity index is 2560. The van der Waals surface area contributed by atoms with Crippen LogP contribution in [-0.4, -0.2) is 119 Å². The number of fused-ring (bicyclic) bond motifs is 6. The van der Waals surface area contributed by atoms with E-state index in [9.17, 15) is 19.2 Å². The highest BCUT2D eigenvalue weighted by molar-refractivity contribution is 6.07. The van der Waals surface area contributed by atoms with Gasteiger partial charge < -0.3 is 54.1 Å². The second-order valence-electron chi connectivity index (χ2n) is 16.9. The molecule has 3 aromatic carbocycles. The number of imidazole rings is 2. The van der Waals surface area contributed by atoms with Gasteiger partial charge in [0.1, 0.15) is 36.1 Å². The number of hydrogen-bond donors (Lipinski definition) is 4. The standard InChI is InChI=1S/C47H58N8O9/c1-9-29-13-17-36(54(29)44(56)39(24(3)60-5)52-46(58)62-7)42-48-22-35(50-42)27-11-15-31-28(19-27)23-64-38-21-32-26(20-33(31)38)12-16-34-41(32)51-43(49-34)37-18-14-30(10-2)55(37)45(57)40(25(4)61-6)53-47(59)63-8/h11-12,15-16,19-22,24-25,29-30,36-37,39-40H,9-10,13-14,17-18,23H2,1-8H3,(H,48,50)(H,49,51)(H,52,58)(H,53,59)/t24-,25-,29+,30+,36+,37+,39?,40?/m1/s1. The number of carbonyl (C=O) groups excluding carboxylic acids is 4. The molecule has 3 aliphatic heterocycles. The quantitative estimate of drug-likeness (QED) is 0.0943. The number of aromatic nitrogens is 4. The molecule has 0 spiro atoms. The van der Waals surface area contributed by atoms with Gasteiger partial charge in [0.25, 0.3) is 0 Å². The summed E-state index contributed by atoms with van der Waals surface area (Å²) in [6.07, 6.45) is 3.79. The topological polar surface area (TPSA) is 202 Å². The van der Waals surface area contributed by atoms with Gasteiger partial charge >= 0.3 is 12.2 Å². The van der Waals surface area contributed by atoms with Crippen LogP contribution in [0.3, 0.4) is 0 Å². The minimum Gasteiger partial charge on any atom is -0.488 e. The van der Waals surface area contributed by atoms with Crippen molar-refractivity contribution in [1.29, 1.82) is 0 Å². The predicted molar refractivity (Wildman–Crippen MR) is 238 cm³/mol. The van der Waals surface area contributed by atoms with Crippen molar-refractivity contribution in [1.82, 2.24) is 40.4 Å². The molecule has 4 N–H and O–H groups in total. The molecule has 17 heteroatoms. The zero-order chi connectivity index (χ0) is 45.4. The van der Waals surface area contributed by atoms with E-state index in [0.717, 1.165) is 87.6 Å². The summed E-state index contributed by atoms with van der Waals surface area (Å²) in [5, 5.41) is 7.29. The van der Waals surface area contributed by atoms with Gasteiger partial charge in [-0.3, -0.25) is 9.59 Å². The third kappa shape index (κ3) is 8.10. The molecule has 17 nitrogen and oxygen atoms in total. The molecule has 8 rings (SSSR count). The number of aromatic amines is 2. The van der Waals surface area contributed by atoms with Gasteiger partial charge in [-0.2, -0.15) is 0 Å². The first-order chi connectivity index (χ1) is 30.9. The summed E-state index contributed by atoms with van der Waals surface area (Å²) in [6.45, 7) is 7.97. The maximum atomic E-state index is 14.2. The van der Waals surface area contributed by atoms with E-state index in [4.69, 9.17) is 33.7 Å². The van der Waals surface area contributed by atoms with Crippen LogP contribution in [0.2, 0.25) is 0 Å². The zero-order valence-corrected chi connectivity index (χ0v) is 37.7. The Morgan fingerprint density at radius 2 is 1.38 bits per heavy atom. The van der Waals surface area contributed by atoms with Crippen molar-refractivity contribution in [2.75, 3.05) is 28.4 Å². The van der Waals surface area contributed by atoms with Gasteiger partial charge in [-0.05, 0) is 98.7 Å². The first-order valence-corrected chi connectivity index (χ1v) is 22.1. The number of amides is 4. The van der Waals surface area contributed by atoms with Crippen molar-refractivity contribution >= 4 is 45.8 Å². The summed E-state index contributed by atoms with van der Waals surface area (Å²) in [6, 6.07) is 12.0. The molecule has 2 aromatic heterocycles. The number of ether oxygens (including phenoxy) is 5. The molecule has 3 aliphatic rings. The number of methoxy groups -OCH3 is 4. The van der Waals surface area contributed by atoms with Crippen molar-refractivity contribution in [3.8, 4) is 28.1 Å². The van der Waals surface area contributed by atoms with Crippen molar-refractivity contribution in [2.24, 2.45) is 0 Å². The number of nitrogens with one attached hydrogen (secondary N) is 4. The summed E-state index contributed by atoms with van der Waals surface area (Å²) < 4.78 is 27.1. The average molecular weight is 879 g/mol. The van der Waals surface area contributed by atoms with Crippen LogP contribution in [0.15, 0.2) is 48.7 Å². The van der Waals surface area contributed by atoms with E-state index in [-0.39, 0.29) is 36.0 Å². The summed E-state index contributed by atoms with van der Waals surface area (Å²) in [7, 11) is 5.55. The first-order valence-electron chi connectivity index (χ1n) is 22.1. The first kappa shape index (κ1) is 44.4. The smallest absolute Gasteiger partial charge is 0.407 e. The molecule has 8 atom stereocenters. The minimum atomic E-state index is -0.936. The van der Waals surface area contributed by atoms with Gasteiger partial charge in [0.05, 0.1) is 61.4 Å². The Morgan fingerprint density at radius 3 is 1.95 bits per heavy atom. The molecule has 5 heterocycles. The number of benzene rings is 3. The lowest BCUT2D eigenvalue weighted by Crippen LogP contribution is -2.55. The van der Waals surface area contributed by atoms with E-state index in [1.54, 1.807) is 20.0 Å². The largest absolute Gasteiger partial charge is 0.488 e. The molecule has 4 amide bonds. The number of carbonyl (C=O) groups is 4. The van der Waals surface area contributed by atoms with E-state index in [2.05, 4.69) is 70.8 Å².